The zero-order chi connectivity index (χ0) is 50.0. The van der Waals surface area contributed by atoms with E-state index in [1.807, 2.05) is 0 Å². The molecular weight excluding hydrogens is 917 g/mol. The van der Waals surface area contributed by atoms with E-state index >= 15 is 0 Å². The van der Waals surface area contributed by atoms with Crippen LogP contribution in [0.2, 0.25) is 0 Å². The molecule has 0 radical (unpaired) electrons. The number of hydrogen-bond donors (Lipinski definition) is 0. The van der Waals surface area contributed by atoms with Gasteiger partial charge in [-0.3, -0.25) is 0 Å². The van der Waals surface area contributed by atoms with Gasteiger partial charge in [-0.15, -0.1) is 0 Å². The van der Waals surface area contributed by atoms with E-state index in [2.05, 4.69) is 301 Å². The minimum Gasteiger partial charge on any atom is -0.310 e. The first kappa shape index (κ1) is 42.7. The lowest BCUT2D eigenvalue weighted by atomic mass is 9.67. The van der Waals surface area contributed by atoms with Gasteiger partial charge in [-0.05, 0) is 138 Å². The lowest BCUT2D eigenvalue weighted by Gasteiger charge is -2.36. The van der Waals surface area contributed by atoms with Crippen molar-refractivity contribution in [1.29, 1.82) is 0 Å². The molecule has 0 N–H and O–H groups in total. The van der Waals surface area contributed by atoms with Crippen molar-refractivity contribution >= 4 is 38.9 Å². The first-order chi connectivity index (χ1) is 37.7. The smallest absolute Gasteiger partial charge is 0.0746 e. The summed E-state index contributed by atoms with van der Waals surface area (Å²) in [6.45, 7) is 0. The molecule has 0 amide bonds. The molecule has 3 aliphatic rings. The molecule has 2 heteroatoms. The molecular formula is C74H48N2. The van der Waals surface area contributed by atoms with E-state index in [1.165, 1.54) is 105 Å². The van der Waals surface area contributed by atoms with Gasteiger partial charge in [0.05, 0.1) is 27.6 Å². The monoisotopic (exact) mass is 964 g/mol. The maximum absolute atomic E-state index is 2.53. The van der Waals surface area contributed by atoms with Crippen LogP contribution in [0.1, 0.15) is 44.5 Å². The van der Waals surface area contributed by atoms with E-state index in [0.717, 1.165) is 28.3 Å². The molecule has 0 saturated carbocycles. The van der Waals surface area contributed by atoms with Gasteiger partial charge < -0.3 is 9.47 Å². The van der Waals surface area contributed by atoms with Gasteiger partial charge in [0.2, 0.25) is 0 Å². The van der Waals surface area contributed by atoms with E-state index in [9.17, 15) is 0 Å². The number of benzene rings is 12. The van der Waals surface area contributed by atoms with Crippen molar-refractivity contribution in [1.82, 2.24) is 4.57 Å². The maximum Gasteiger partial charge on any atom is 0.0746 e. The molecule has 2 nitrogen and oxygen atoms in total. The van der Waals surface area contributed by atoms with Crippen LogP contribution in [0.3, 0.4) is 0 Å². The van der Waals surface area contributed by atoms with Crippen LogP contribution in [0.15, 0.2) is 291 Å². The van der Waals surface area contributed by atoms with E-state index in [0.29, 0.717) is 0 Å². The Morgan fingerprint density at radius 1 is 0.263 bits per heavy atom. The molecule has 0 unspecified atom stereocenters. The third-order valence-electron chi connectivity index (χ3n) is 17.1. The fraction of sp³-hybridized carbons (Fsp3) is 0.0270. The number of nitrogens with zero attached hydrogens (tertiary/aromatic N) is 2. The number of fused-ring (bicyclic) bond motifs is 16. The standard InChI is InChI=1S/C74H48N2/c1-2-19-51(20-3-1)73(64-29-11-4-21-56(64)57-22-5-12-30-65(57)73)52-41-47-54(48-42-52)75(53-43-37-49(38-44-53)50-39-45-55(46-40-50)76-69-34-16-9-26-61(69)62-27-10-17-35-70(62)76)71-36-18-28-63-60-25-8-15-33-68(60)74(72(63)71)66-31-13-6-23-58(66)59-24-7-14-32-67(59)74/h1-48H. The number of rotatable bonds is 7. The molecule has 76 heavy (non-hydrogen) atoms. The van der Waals surface area contributed by atoms with Gasteiger partial charge in [0.1, 0.15) is 0 Å². The highest BCUT2D eigenvalue weighted by molar-refractivity contribution is 6.09. The van der Waals surface area contributed by atoms with Gasteiger partial charge in [0.15, 0.2) is 0 Å². The highest BCUT2D eigenvalue weighted by Gasteiger charge is 2.53. The van der Waals surface area contributed by atoms with Crippen LogP contribution in [0, 0.1) is 0 Å². The van der Waals surface area contributed by atoms with E-state index in [1.54, 1.807) is 0 Å². The summed E-state index contributed by atoms with van der Waals surface area (Å²) in [7, 11) is 0. The highest BCUT2D eigenvalue weighted by atomic mass is 15.1. The van der Waals surface area contributed by atoms with Crippen molar-refractivity contribution in [2.75, 3.05) is 4.90 Å². The number of aromatic nitrogens is 1. The Labute approximate surface area is 442 Å². The normalized spacial score (nSPS) is 13.7. The predicted molar refractivity (Wildman–Crippen MR) is 315 cm³/mol. The van der Waals surface area contributed by atoms with Gasteiger partial charge in [0.25, 0.3) is 0 Å². The summed E-state index contributed by atoms with van der Waals surface area (Å²) in [6, 6.07) is 109. The first-order valence-corrected chi connectivity index (χ1v) is 26.5. The molecule has 1 spiro atoms. The van der Waals surface area contributed by atoms with Crippen molar-refractivity contribution < 1.29 is 0 Å². The minimum absolute atomic E-state index is 0.506. The van der Waals surface area contributed by atoms with Gasteiger partial charge in [-0.25, -0.2) is 0 Å². The van der Waals surface area contributed by atoms with E-state index < -0.39 is 10.8 Å². The second-order valence-electron chi connectivity index (χ2n) is 20.6. The Morgan fingerprint density at radius 2 is 0.632 bits per heavy atom. The Bertz CT molecular complexity index is 4280. The molecule has 1 aromatic heterocycles. The summed E-state index contributed by atoms with van der Waals surface area (Å²) in [6.07, 6.45) is 0. The topological polar surface area (TPSA) is 8.17 Å². The van der Waals surface area contributed by atoms with Gasteiger partial charge >= 0.3 is 0 Å². The maximum atomic E-state index is 2.53. The summed E-state index contributed by atoms with van der Waals surface area (Å²) in [4.78, 5) is 2.53. The Hall–Kier alpha value is -9.76. The Kier molecular flexibility index (Phi) is 9.20. The third-order valence-corrected chi connectivity index (χ3v) is 17.1. The minimum atomic E-state index is -0.541. The summed E-state index contributed by atoms with van der Waals surface area (Å²) in [5.74, 6) is 0. The van der Waals surface area contributed by atoms with Crippen LogP contribution < -0.4 is 4.90 Å². The molecule has 0 aliphatic heterocycles. The predicted octanol–water partition coefficient (Wildman–Crippen LogP) is 18.6. The average molecular weight is 965 g/mol. The quantitative estimate of drug-likeness (QED) is 0.155. The van der Waals surface area contributed by atoms with Crippen LogP contribution in [0.4, 0.5) is 17.1 Å². The number of para-hydroxylation sites is 2. The third kappa shape index (κ3) is 5.76. The summed E-state index contributed by atoms with van der Waals surface area (Å²) >= 11 is 0. The Morgan fingerprint density at radius 3 is 1.13 bits per heavy atom. The van der Waals surface area contributed by atoms with E-state index in [-0.39, 0.29) is 0 Å². The molecule has 13 aromatic rings. The zero-order valence-corrected chi connectivity index (χ0v) is 41.6. The largest absolute Gasteiger partial charge is 0.310 e. The zero-order valence-electron chi connectivity index (χ0n) is 41.6. The number of anilines is 3. The van der Waals surface area contributed by atoms with Crippen LogP contribution >= 0.6 is 0 Å². The SMILES string of the molecule is c1ccc(C2(c3ccc(N(c4ccc(-c5ccc(-n6c7ccccc7c7ccccc76)cc5)cc4)c4cccc5c4C4(c6ccccc6-c6ccccc64)c4ccccc4-5)cc3)c3ccccc3-c3ccccc32)cc1. The van der Waals surface area contributed by atoms with E-state index in [4.69, 9.17) is 0 Å². The summed E-state index contributed by atoms with van der Waals surface area (Å²) in [5.41, 5.74) is 26.3. The second kappa shape index (κ2) is 16.4. The first-order valence-electron chi connectivity index (χ1n) is 26.5. The van der Waals surface area contributed by atoms with Gasteiger partial charge in [0, 0.05) is 33.4 Å². The van der Waals surface area contributed by atoms with Crippen molar-refractivity contribution in [3.05, 3.63) is 336 Å². The second-order valence-corrected chi connectivity index (χ2v) is 20.6. The van der Waals surface area contributed by atoms with Crippen LogP contribution in [0.25, 0.3) is 72.0 Å². The Balaban J connectivity index is 0.888. The van der Waals surface area contributed by atoms with Crippen molar-refractivity contribution in [2.45, 2.75) is 10.8 Å². The molecule has 0 bridgehead atoms. The lowest BCUT2D eigenvalue weighted by Crippen LogP contribution is -2.29. The molecule has 16 rings (SSSR count). The molecule has 1 heterocycles. The van der Waals surface area contributed by atoms with Crippen LogP contribution in [-0.4, -0.2) is 4.57 Å². The molecule has 3 aliphatic carbocycles. The van der Waals surface area contributed by atoms with Crippen LogP contribution in [-0.2, 0) is 10.8 Å². The molecule has 12 aromatic carbocycles. The molecule has 0 fully saturated rings. The number of hydrogen-bond acceptors (Lipinski definition) is 1. The molecule has 0 saturated heterocycles. The van der Waals surface area contributed by atoms with Gasteiger partial charge in [-0.1, -0.05) is 237 Å². The fourth-order valence-electron chi connectivity index (χ4n) is 14.1. The van der Waals surface area contributed by atoms with Crippen LogP contribution in [0.5, 0.6) is 0 Å². The van der Waals surface area contributed by atoms with Crippen molar-refractivity contribution in [2.24, 2.45) is 0 Å². The fourth-order valence-corrected chi connectivity index (χ4v) is 14.1. The molecule has 0 atom stereocenters. The summed E-state index contributed by atoms with van der Waals surface area (Å²) in [5, 5.41) is 2.53. The van der Waals surface area contributed by atoms with Crippen molar-refractivity contribution in [3.8, 4) is 50.2 Å². The van der Waals surface area contributed by atoms with Gasteiger partial charge in [-0.2, -0.15) is 0 Å². The average Bonchev–Trinajstić information content (AvgIpc) is 4.39. The summed E-state index contributed by atoms with van der Waals surface area (Å²) < 4.78 is 2.39. The lowest BCUT2D eigenvalue weighted by molar-refractivity contribution is 0.768. The molecule has 354 valence electrons. The highest BCUT2D eigenvalue weighted by Crippen LogP contribution is 2.65. The van der Waals surface area contributed by atoms with Crippen molar-refractivity contribution in [3.63, 3.8) is 0 Å².